The normalized spacial score (nSPS) is 15.9. The van der Waals surface area contributed by atoms with Gasteiger partial charge >= 0.3 is 12.0 Å². The van der Waals surface area contributed by atoms with Gasteiger partial charge in [0, 0.05) is 19.3 Å². The smallest absolute Gasteiger partial charge is 0.335 e. The topological polar surface area (TPSA) is 103 Å². The van der Waals surface area contributed by atoms with Crippen LogP contribution in [0.15, 0.2) is 18.3 Å². The summed E-state index contributed by atoms with van der Waals surface area (Å²) in [7, 11) is 0. The molecule has 0 bridgehead atoms. The Morgan fingerprint density at radius 2 is 2.10 bits per heavy atom. The molecule has 7 heteroatoms. The number of rotatable bonds is 3. The lowest BCUT2D eigenvalue weighted by Crippen LogP contribution is -2.45. The van der Waals surface area contributed by atoms with Crippen molar-refractivity contribution in [2.45, 2.75) is 25.5 Å². The highest BCUT2D eigenvalue weighted by atomic mass is 16.4. The number of aliphatic hydroxyl groups excluding tert-OH is 1. The number of carboxylic acid groups (broad SMARTS) is 1. The number of nitrogens with one attached hydrogen (secondary N) is 1. The monoisotopic (exact) mass is 279 g/mol. The Morgan fingerprint density at radius 1 is 1.40 bits per heavy atom. The molecule has 0 atom stereocenters. The number of likely N-dealkylation sites (tertiary alicyclic amines) is 1. The summed E-state index contributed by atoms with van der Waals surface area (Å²) < 4.78 is 0. The van der Waals surface area contributed by atoms with Crippen molar-refractivity contribution in [3.05, 3.63) is 29.6 Å². The summed E-state index contributed by atoms with van der Waals surface area (Å²) in [5, 5.41) is 20.9. The van der Waals surface area contributed by atoms with E-state index in [1.54, 1.807) is 4.90 Å². The number of pyridine rings is 1. The lowest BCUT2D eigenvalue weighted by atomic mass is 10.1. The molecule has 1 aromatic rings. The zero-order valence-electron chi connectivity index (χ0n) is 11.0. The van der Waals surface area contributed by atoms with Crippen LogP contribution in [0.2, 0.25) is 0 Å². The Labute approximate surface area is 116 Å². The van der Waals surface area contributed by atoms with Gasteiger partial charge in [-0.1, -0.05) is 0 Å². The molecule has 3 N–H and O–H groups in total. The molecule has 1 saturated heterocycles. The maximum absolute atomic E-state index is 11.9. The standard InChI is InChI=1S/C13H17N3O4/c17-11-2-5-16(6-3-11)13(20)15-8-10-7-9(12(18)19)1-4-14-10/h1,4,7,11,17H,2-3,5-6,8H2,(H,15,20)(H,18,19). The fourth-order valence-electron chi connectivity index (χ4n) is 2.05. The number of carboxylic acids is 1. The molecule has 0 unspecified atom stereocenters. The summed E-state index contributed by atoms with van der Waals surface area (Å²) in [6, 6.07) is 2.61. The minimum Gasteiger partial charge on any atom is -0.478 e. The van der Waals surface area contributed by atoms with Gasteiger partial charge in [-0.15, -0.1) is 0 Å². The molecule has 0 aliphatic carbocycles. The lowest BCUT2D eigenvalue weighted by Gasteiger charge is -2.29. The van der Waals surface area contributed by atoms with Crippen LogP contribution in [0.3, 0.4) is 0 Å². The number of piperidine rings is 1. The minimum absolute atomic E-state index is 0.144. The number of hydrogen-bond donors (Lipinski definition) is 3. The average Bonchev–Trinajstić information content (AvgIpc) is 2.46. The molecule has 0 saturated carbocycles. The number of carbonyl (C=O) groups is 2. The van der Waals surface area contributed by atoms with E-state index in [2.05, 4.69) is 10.3 Å². The predicted molar refractivity (Wildman–Crippen MR) is 70.2 cm³/mol. The second-order valence-electron chi connectivity index (χ2n) is 4.72. The molecule has 1 aliphatic heterocycles. The lowest BCUT2D eigenvalue weighted by molar-refractivity contribution is 0.0696. The van der Waals surface area contributed by atoms with Gasteiger partial charge in [-0.2, -0.15) is 0 Å². The first-order valence-corrected chi connectivity index (χ1v) is 6.45. The number of hydrogen-bond acceptors (Lipinski definition) is 4. The van der Waals surface area contributed by atoms with E-state index in [-0.39, 0.29) is 24.2 Å². The molecule has 1 aliphatic rings. The van der Waals surface area contributed by atoms with Crippen LogP contribution in [0.5, 0.6) is 0 Å². The van der Waals surface area contributed by atoms with Crippen molar-refractivity contribution in [1.82, 2.24) is 15.2 Å². The molecule has 1 aromatic heterocycles. The molecule has 2 amide bonds. The van der Waals surface area contributed by atoms with Gasteiger partial charge in [0.25, 0.3) is 0 Å². The minimum atomic E-state index is -1.02. The van der Waals surface area contributed by atoms with Crippen LogP contribution in [0.4, 0.5) is 4.79 Å². The van der Waals surface area contributed by atoms with Crippen LogP contribution in [0.25, 0.3) is 0 Å². The molecule has 0 spiro atoms. The molecule has 108 valence electrons. The first-order chi connectivity index (χ1) is 9.56. The van der Waals surface area contributed by atoms with Gasteiger partial charge in [0.2, 0.25) is 0 Å². The molecular weight excluding hydrogens is 262 g/mol. The fraction of sp³-hybridized carbons (Fsp3) is 0.462. The van der Waals surface area contributed by atoms with Crippen molar-refractivity contribution in [2.75, 3.05) is 13.1 Å². The highest BCUT2D eigenvalue weighted by molar-refractivity contribution is 5.87. The van der Waals surface area contributed by atoms with Crippen molar-refractivity contribution >= 4 is 12.0 Å². The van der Waals surface area contributed by atoms with E-state index >= 15 is 0 Å². The van der Waals surface area contributed by atoms with Gasteiger partial charge in [0.05, 0.1) is 23.9 Å². The van der Waals surface area contributed by atoms with Crippen molar-refractivity contribution in [3.63, 3.8) is 0 Å². The van der Waals surface area contributed by atoms with Crippen LogP contribution >= 0.6 is 0 Å². The maximum atomic E-state index is 11.9. The zero-order chi connectivity index (χ0) is 14.5. The molecule has 7 nitrogen and oxygen atoms in total. The van der Waals surface area contributed by atoms with Crippen LogP contribution in [-0.2, 0) is 6.54 Å². The van der Waals surface area contributed by atoms with E-state index < -0.39 is 5.97 Å². The van der Waals surface area contributed by atoms with Crippen molar-refractivity contribution in [1.29, 1.82) is 0 Å². The van der Waals surface area contributed by atoms with Gasteiger partial charge < -0.3 is 20.4 Å². The van der Waals surface area contributed by atoms with Crippen LogP contribution < -0.4 is 5.32 Å². The molecule has 0 radical (unpaired) electrons. The number of aromatic carboxylic acids is 1. The summed E-state index contributed by atoms with van der Waals surface area (Å²) >= 11 is 0. The Morgan fingerprint density at radius 3 is 2.75 bits per heavy atom. The predicted octanol–water partition coefficient (Wildman–Crippen LogP) is 0.446. The van der Waals surface area contributed by atoms with Crippen LogP contribution in [-0.4, -0.2) is 51.3 Å². The Balaban J connectivity index is 1.87. The van der Waals surface area contributed by atoms with Gasteiger partial charge in [0.1, 0.15) is 0 Å². The maximum Gasteiger partial charge on any atom is 0.335 e. The zero-order valence-corrected chi connectivity index (χ0v) is 11.0. The Kier molecular flexibility index (Phi) is 4.52. The molecule has 20 heavy (non-hydrogen) atoms. The first-order valence-electron chi connectivity index (χ1n) is 6.45. The molecule has 2 heterocycles. The van der Waals surface area contributed by atoms with Crippen molar-refractivity contribution in [2.24, 2.45) is 0 Å². The fourth-order valence-corrected chi connectivity index (χ4v) is 2.05. The first kappa shape index (κ1) is 14.3. The van der Waals surface area contributed by atoms with Gasteiger partial charge in [-0.3, -0.25) is 4.98 Å². The van der Waals surface area contributed by atoms with Gasteiger partial charge in [-0.25, -0.2) is 9.59 Å². The summed E-state index contributed by atoms with van der Waals surface area (Å²) in [5.41, 5.74) is 0.639. The van der Waals surface area contributed by atoms with E-state index in [1.807, 2.05) is 0 Å². The summed E-state index contributed by atoms with van der Waals surface area (Å²) in [4.78, 5) is 28.4. The van der Waals surface area contributed by atoms with E-state index in [1.165, 1.54) is 18.3 Å². The van der Waals surface area contributed by atoms with Crippen molar-refractivity contribution in [3.8, 4) is 0 Å². The Hall–Kier alpha value is -2.15. The number of aromatic nitrogens is 1. The average molecular weight is 279 g/mol. The van der Waals surface area contributed by atoms with Gasteiger partial charge in [0.15, 0.2) is 0 Å². The Bertz CT molecular complexity index is 498. The van der Waals surface area contributed by atoms with E-state index in [9.17, 15) is 14.7 Å². The third-order valence-electron chi connectivity index (χ3n) is 3.24. The molecule has 1 fully saturated rings. The largest absolute Gasteiger partial charge is 0.478 e. The quantitative estimate of drug-likeness (QED) is 0.745. The SMILES string of the molecule is O=C(O)c1ccnc(CNC(=O)N2CCC(O)CC2)c1. The van der Waals surface area contributed by atoms with Crippen LogP contribution in [0.1, 0.15) is 28.9 Å². The highest BCUT2D eigenvalue weighted by Gasteiger charge is 2.20. The molecular formula is C13H17N3O4. The second-order valence-corrected chi connectivity index (χ2v) is 4.72. The number of nitrogens with zero attached hydrogens (tertiary/aromatic N) is 2. The van der Waals surface area contributed by atoms with E-state index in [0.29, 0.717) is 31.6 Å². The van der Waals surface area contributed by atoms with Crippen molar-refractivity contribution < 1.29 is 19.8 Å². The molecule has 0 aromatic carbocycles. The third kappa shape index (κ3) is 3.67. The summed E-state index contributed by atoms with van der Waals surface area (Å²) in [6.45, 7) is 1.23. The van der Waals surface area contributed by atoms with E-state index in [4.69, 9.17) is 5.11 Å². The van der Waals surface area contributed by atoms with Crippen LogP contribution in [0, 0.1) is 0 Å². The highest BCUT2D eigenvalue weighted by Crippen LogP contribution is 2.10. The summed E-state index contributed by atoms with van der Waals surface area (Å²) in [6.07, 6.45) is 2.25. The van der Waals surface area contributed by atoms with E-state index in [0.717, 1.165) is 0 Å². The number of amides is 2. The number of urea groups is 1. The summed E-state index contributed by atoms with van der Waals surface area (Å²) in [5.74, 6) is -1.02. The second kappa shape index (κ2) is 6.33. The molecule has 2 rings (SSSR count). The number of carbonyl (C=O) groups excluding carboxylic acids is 1. The number of aliphatic hydroxyl groups is 1. The van der Waals surface area contributed by atoms with Gasteiger partial charge in [-0.05, 0) is 25.0 Å². The third-order valence-corrected chi connectivity index (χ3v) is 3.24.